The van der Waals surface area contributed by atoms with E-state index in [2.05, 4.69) is 40.7 Å². The van der Waals surface area contributed by atoms with Gasteiger partial charge in [-0.25, -0.2) is 0 Å². The van der Waals surface area contributed by atoms with Crippen molar-refractivity contribution in [3.05, 3.63) is 28.3 Å². The van der Waals surface area contributed by atoms with Gasteiger partial charge >= 0.3 is 7.60 Å². The van der Waals surface area contributed by atoms with E-state index in [9.17, 15) is 9.67 Å². The van der Waals surface area contributed by atoms with Gasteiger partial charge in [-0.05, 0) is 55.2 Å². The molecule has 5 heteroatoms. The van der Waals surface area contributed by atoms with Crippen LogP contribution in [0.2, 0.25) is 0 Å². The van der Waals surface area contributed by atoms with Gasteiger partial charge in [0.15, 0.2) is 0 Å². The summed E-state index contributed by atoms with van der Waals surface area (Å²) in [4.78, 5) is 0. The summed E-state index contributed by atoms with van der Waals surface area (Å²) in [5.74, 6) is 0.384. The maximum atomic E-state index is 14.3. The van der Waals surface area contributed by atoms with Gasteiger partial charge in [0.2, 0.25) is 0 Å². The van der Waals surface area contributed by atoms with E-state index in [1.807, 2.05) is 13.8 Å². The number of hydrogen-bond acceptors (Lipinski definition) is 4. The standard InChI is InChI=1S/C41H77O4P/c1-8-11-14-16-18-20-22-24-26-29-32-44-46(43,45-33-30-27-25-23-21-19-17-15-12-9-2)35-38-34-39(40(42)37(5)36(38)4)41(6,7)31-28-13-10-3/h34,42H,8-33,35H2,1-7H3. The van der Waals surface area contributed by atoms with Crippen LogP contribution in [-0.4, -0.2) is 18.3 Å². The number of rotatable bonds is 31. The fourth-order valence-electron chi connectivity index (χ4n) is 6.53. The Morgan fingerprint density at radius 2 is 0.957 bits per heavy atom. The highest BCUT2D eigenvalue weighted by molar-refractivity contribution is 7.53. The van der Waals surface area contributed by atoms with Gasteiger partial charge < -0.3 is 14.2 Å². The lowest BCUT2D eigenvalue weighted by molar-refractivity contribution is 0.196. The van der Waals surface area contributed by atoms with Gasteiger partial charge in [-0.2, -0.15) is 0 Å². The molecule has 4 nitrogen and oxygen atoms in total. The summed E-state index contributed by atoms with van der Waals surface area (Å²) in [6.07, 6.45) is 30.0. The number of aromatic hydroxyl groups is 1. The van der Waals surface area contributed by atoms with Gasteiger partial charge in [-0.1, -0.05) is 176 Å². The van der Waals surface area contributed by atoms with E-state index < -0.39 is 7.60 Å². The third kappa shape index (κ3) is 18.6. The third-order valence-electron chi connectivity index (χ3n) is 10.0. The molecular weight excluding hydrogens is 587 g/mol. The molecule has 0 spiro atoms. The van der Waals surface area contributed by atoms with E-state index in [1.165, 1.54) is 116 Å². The lowest BCUT2D eigenvalue weighted by atomic mass is 9.77. The predicted molar refractivity (Wildman–Crippen MR) is 202 cm³/mol. The first-order valence-electron chi connectivity index (χ1n) is 19.8. The zero-order valence-corrected chi connectivity index (χ0v) is 32.7. The molecule has 270 valence electrons. The zero-order chi connectivity index (χ0) is 34.1. The fraction of sp³-hybridized carbons (Fsp3) is 0.854. The average molecular weight is 665 g/mol. The molecule has 46 heavy (non-hydrogen) atoms. The Morgan fingerprint density at radius 1 is 0.587 bits per heavy atom. The molecule has 1 aromatic rings. The number of unbranched alkanes of at least 4 members (excludes halogenated alkanes) is 20. The Morgan fingerprint density at radius 3 is 1.37 bits per heavy atom. The second-order valence-electron chi connectivity index (χ2n) is 14.8. The van der Waals surface area contributed by atoms with Gasteiger partial charge in [0, 0.05) is 5.56 Å². The summed E-state index contributed by atoms with van der Waals surface area (Å²) in [6, 6.07) is 2.10. The molecule has 0 saturated carbocycles. The van der Waals surface area contributed by atoms with Crippen LogP contribution in [0.15, 0.2) is 6.07 Å². The lowest BCUT2D eigenvalue weighted by Gasteiger charge is -2.29. The van der Waals surface area contributed by atoms with Crippen molar-refractivity contribution < 1.29 is 18.7 Å². The Bertz CT molecular complexity index is 911. The van der Waals surface area contributed by atoms with E-state index in [0.717, 1.165) is 60.8 Å². The SMILES string of the molecule is CCCCCCCCCCCCOP(=O)(Cc1cc(C(C)(C)CCCCC)c(O)c(C)c1C)OCCCCCCCCCCCC. The van der Waals surface area contributed by atoms with Crippen molar-refractivity contribution in [2.75, 3.05) is 13.2 Å². The molecule has 0 aliphatic heterocycles. The van der Waals surface area contributed by atoms with Crippen molar-refractivity contribution in [2.24, 2.45) is 0 Å². The first kappa shape index (κ1) is 43.2. The summed E-state index contributed by atoms with van der Waals surface area (Å²) in [5.41, 5.74) is 3.66. The van der Waals surface area contributed by atoms with E-state index >= 15 is 0 Å². The van der Waals surface area contributed by atoms with E-state index in [4.69, 9.17) is 9.05 Å². The summed E-state index contributed by atoms with van der Waals surface area (Å²) < 4.78 is 26.7. The summed E-state index contributed by atoms with van der Waals surface area (Å²) in [6.45, 7) is 16.2. The topological polar surface area (TPSA) is 55.8 Å². The van der Waals surface area contributed by atoms with Gasteiger partial charge in [0.25, 0.3) is 0 Å². The second-order valence-corrected chi connectivity index (χ2v) is 16.9. The molecule has 0 fully saturated rings. The highest BCUT2D eigenvalue weighted by Gasteiger charge is 2.30. The normalized spacial score (nSPS) is 12.3. The lowest BCUT2D eigenvalue weighted by Crippen LogP contribution is -2.18. The molecule has 0 atom stereocenters. The zero-order valence-electron chi connectivity index (χ0n) is 31.8. The molecule has 0 heterocycles. The molecule has 1 aromatic carbocycles. The number of phenolic OH excluding ortho intramolecular Hbond substituents is 1. The quantitative estimate of drug-likeness (QED) is 0.0634. The summed E-state index contributed by atoms with van der Waals surface area (Å²) in [7, 11) is -3.34. The minimum Gasteiger partial charge on any atom is -0.507 e. The molecule has 0 aliphatic rings. The van der Waals surface area contributed by atoms with Crippen LogP contribution in [0.25, 0.3) is 0 Å². The minimum absolute atomic E-state index is 0.163. The van der Waals surface area contributed by atoms with Crippen molar-refractivity contribution in [3.8, 4) is 5.75 Å². The maximum Gasteiger partial charge on any atom is 0.335 e. The largest absolute Gasteiger partial charge is 0.507 e. The van der Waals surface area contributed by atoms with Crippen molar-refractivity contribution in [3.63, 3.8) is 0 Å². The van der Waals surface area contributed by atoms with Crippen molar-refractivity contribution in [2.45, 2.75) is 214 Å². The van der Waals surface area contributed by atoms with Crippen LogP contribution in [0, 0.1) is 13.8 Å². The van der Waals surface area contributed by atoms with Crippen LogP contribution >= 0.6 is 7.60 Å². The van der Waals surface area contributed by atoms with E-state index in [1.54, 1.807) is 0 Å². The van der Waals surface area contributed by atoms with Crippen LogP contribution in [-0.2, 0) is 25.2 Å². The third-order valence-corrected chi connectivity index (χ3v) is 11.9. The second kappa shape index (κ2) is 26.1. The minimum atomic E-state index is -3.34. The number of phenols is 1. The van der Waals surface area contributed by atoms with Crippen molar-refractivity contribution >= 4 is 7.60 Å². The van der Waals surface area contributed by atoms with Crippen LogP contribution in [0.5, 0.6) is 5.75 Å². The van der Waals surface area contributed by atoms with E-state index in [0.29, 0.717) is 19.0 Å². The average Bonchev–Trinajstić information content (AvgIpc) is 3.02. The van der Waals surface area contributed by atoms with Gasteiger partial charge in [-0.15, -0.1) is 0 Å². The summed E-state index contributed by atoms with van der Waals surface area (Å²) >= 11 is 0. The number of hydrogen-bond donors (Lipinski definition) is 1. The van der Waals surface area contributed by atoms with Gasteiger partial charge in [0.05, 0.1) is 19.4 Å². The molecule has 0 aliphatic carbocycles. The predicted octanol–water partition coefficient (Wildman–Crippen LogP) is 14.4. The first-order chi connectivity index (χ1) is 22.1. The highest BCUT2D eigenvalue weighted by atomic mass is 31.2. The fourth-order valence-corrected chi connectivity index (χ4v) is 8.34. The molecule has 0 unspecified atom stereocenters. The first-order valence-corrected chi connectivity index (χ1v) is 21.5. The molecular formula is C41H77O4P. The molecule has 1 N–H and O–H groups in total. The smallest absolute Gasteiger partial charge is 0.335 e. The molecule has 0 amide bonds. The Balaban J connectivity index is 2.79. The van der Waals surface area contributed by atoms with E-state index in [-0.39, 0.29) is 11.6 Å². The monoisotopic (exact) mass is 665 g/mol. The van der Waals surface area contributed by atoms with Gasteiger partial charge in [-0.3, -0.25) is 4.57 Å². The van der Waals surface area contributed by atoms with Crippen LogP contribution in [0.3, 0.4) is 0 Å². The molecule has 0 saturated heterocycles. The number of benzene rings is 1. The molecule has 0 radical (unpaired) electrons. The van der Waals surface area contributed by atoms with Crippen LogP contribution < -0.4 is 0 Å². The van der Waals surface area contributed by atoms with Gasteiger partial charge in [0.1, 0.15) is 5.75 Å². The van der Waals surface area contributed by atoms with Crippen LogP contribution in [0.4, 0.5) is 0 Å². The highest BCUT2D eigenvalue weighted by Crippen LogP contribution is 2.53. The Kier molecular flexibility index (Phi) is 24.5. The van der Waals surface area contributed by atoms with Crippen molar-refractivity contribution in [1.29, 1.82) is 0 Å². The molecule has 0 aromatic heterocycles. The summed E-state index contributed by atoms with van der Waals surface area (Å²) in [5, 5.41) is 11.2. The van der Waals surface area contributed by atoms with Crippen LogP contribution in [0.1, 0.15) is 211 Å². The molecule has 0 bridgehead atoms. The molecule has 1 rings (SSSR count). The Hall–Kier alpha value is -0.830. The Labute approximate surface area is 287 Å². The van der Waals surface area contributed by atoms with Crippen molar-refractivity contribution in [1.82, 2.24) is 0 Å². The maximum absolute atomic E-state index is 14.3.